The number of fused-ring (bicyclic) bond motifs is 3. The maximum absolute atomic E-state index is 14.3. The molecule has 0 unspecified atom stereocenters. The van der Waals surface area contributed by atoms with E-state index in [1.165, 1.54) is 34.5 Å². The van der Waals surface area contributed by atoms with Gasteiger partial charge in [-0.05, 0) is 56.7 Å². The van der Waals surface area contributed by atoms with Crippen LogP contribution in [0.4, 0.5) is 5.69 Å². The summed E-state index contributed by atoms with van der Waals surface area (Å²) >= 11 is 2.74. The molecule has 3 aliphatic heterocycles. The molecule has 1 spiro atoms. The Balaban J connectivity index is 1.80. The fraction of sp³-hybridized carbons (Fsp3) is 0.286. The number of hydrogen-bond donors (Lipinski definition) is 0. The number of amides is 1. The average molecular weight is 724 g/mol. The SMILES string of the molecule is COC(=O)C1=C(C(=O)OC)SC2(S1)C(C(=O)OC)=C(C(=O)OC)SC1=C2c2cc(C)ccc2N(C(=O)/C=C/c2ccc(OC)cc2)C1(C)C. The van der Waals surface area contributed by atoms with Crippen molar-refractivity contribution >= 4 is 82.4 Å². The Bertz CT molecular complexity index is 1880. The van der Waals surface area contributed by atoms with Crippen LogP contribution in [0, 0.1) is 6.92 Å². The number of nitrogens with zero attached hydrogens (tertiary/aromatic N) is 1. The zero-order valence-corrected chi connectivity index (χ0v) is 30.4. The summed E-state index contributed by atoms with van der Waals surface area (Å²) in [5.74, 6) is -3.06. The van der Waals surface area contributed by atoms with Crippen LogP contribution in [0.25, 0.3) is 11.6 Å². The number of ether oxygens (including phenoxy) is 5. The summed E-state index contributed by atoms with van der Waals surface area (Å²) < 4.78 is 24.1. The van der Waals surface area contributed by atoms with Gasteiger partial charge in [-0.3, -0.25) is 9.69 Å². The first kappa shape index (κ1) is 35.9. The maximum Gasteiger partial charge on any atom is 0.345 e. The highest BCUT2D eigenvalue weighted by Crippen LogP contribution is 2.71. The number of aryl methyl sites for hydroxylation is 1. The van der Waals surface area contributed by atoms with Crippen LogP contribution in [0.1, 0.15) is 30.5 Å². The molecular weight excluding hydrogens is 691 g/mol. The highest BCUT2D eigenvalue weighted by molar-refractivity contribution is 8.26. The Kier molecular flexibility index (Phi) is 10.1. The molecule has 256 valence electrons. The number of methoxy groups -OCH3 is 5. The van der Waals surface area contributed by atoms with E-state index in [0.29, 0.717) is 27.5 Å². The fourth-order valence-corrected chi connectivity index (χ4v) is 10.8. The highest BCUT2D eigenvalue weighted by atomic mass is 32.2. The predicted molar refractivity (Wildman–Crippen MR) is 189 cm³/mol. The minimum absolute atomic E-state index is 0.114. The lowest BCUT2D eigenvalue weighted by Crippen LogP contribution is -2.53. The van der Waals surface area contributed by atoms with Gasteiger partial charge in [-0.2, -0.15) is 0 Å². The molecule has 0 saturated carbocycles. The number of carbonyl (C=O) groups is 5. The molecule has 49 heavy (non-hydrogen) atoms. The molecule has 0 aliphatic carbocycles. The van der Waals surface area contributed by atoms with E-state index in [0.717, 1.165) is 46.4 Å². The second-order valence-corrected chi connectivity index (χ2v) is 15.0. The Hall–Kier alpha value is -4.40. The van der Waals surface area contributed by atoms with Crippen LogP contribution < -0.4 is 9.64 Å². The minimum atomic E-state index is -1.65. The Labute approximate surface area is 296 Å². The third-order valence-electron chi connectivity index (χ3n) is 8.05. The number of hydrogen-bond acceptors (Lipinski definition) is 13. The van der Waals surface area contributed by atoms with Crippen LogP contribution in [0.2, 0.25) is 0 Å². The highest BCUT2D eigenvalue weighted by Gasteiger charge is 2.61. The van der Waals surface area contributed by atoms with Crippen molar-refractivity contribution in [2.75, 3.05) is 40.4 Å². The molecule has 11 nitrogen and oxygen atoms in total. The third-order valence-corrected chi connectivity index (χ3v) is 12.7. The van der Waals surface area contributed by atoms with Gasteiger partial charge >= 0.3 is 23.9 Å². The van der Waals surface area contributed by atoms with E-state index in [4.69, 9.17) is 23.7 Å². The van der Waals surface area contributed by atoms with Crippen LogP contribution in [0.15, 0.2) is 73.7 Å². The average Bonchev–Trinajstić information content (AvgIpc) is 3.49. The fourth-order valence-electron chi connectivity index (χ4n) is 5.78. The number of carbonyl (C=O) groups excluding carboxylic acids is 5. The van der Waals surface area contributed by atoms with E-state index >= 15 is 0 Å². The lowest BCUT2D eigenvalue weighted by atomic mass is 9.83. The Morgan fingerprint density at radius 3 is 1.82 bits per heavy atom. The molecule has 0 N–H and O–H groups in total. The van der Waals surface area contributed by atoms with E-state index in [9.17, 15) is 24.0 Å². The lowest BCUT2D eigenvalue weighted by Gasteiger charge is -2.50. The van der Waals surface area contributed by atoms with E-state index in [1.54, 1.807) is 30.2 Å². The molecule has 0 saturated heterocycles. The van der Waals surface area contributed by atoms with Crippen molar-refractivity contribution < 1.29 is 47.7 Å². The molecule has 14 heteroatoms. The van der Waals surface area contributed by atoms with Crippen LogP contribution in [-0.4, -0.2) is 75.0 Å². The first-order valence-corrected chi connectivity index (χ1v) is 17.1. The van der Waals surface area contributed by atoms with Crippen molar-refractivity contribution in [1.29, 1.82) is 0 Å². The van der Waals surface area contributed by atoms with Gasteiger partial charge in [0.15, 0.2) is 0 Å². The second-order valence-electron chi connectivity index (χ2n) is 11.3. The van der Waals surface area contributed by atoms with Crippen LogP contribution in [-0.2, 0) is 42.9 Å². The topological polar surface area (TPSA) is 135 Å². The van der Waals surface area contributed by atoms with Gasteiger partial charge in [0.1, 0.15) is 24.5 Å². The van der Waals surface area contributed by atoms with Gasteiger partial charge in [-0.1, -0.05) is 59.0 Å². The van der Waals surface area contributed by atoms with Gasteiger partial charge in [0, 0.05) is 22.1 Å². The second kappa shape index (κ2) is 13.8. The molecular formula is C35H33NO10S3. The van der Waals surface area contributed by atoms with E-state index in [-0.39, 0.29) is 26.2 Å². The Morgan fingerprint density at radius 2 is 1.29 bits per heavy atom. The Morgan fingerprint density at radius 1 is 0.735 bits per heavy atom. The summed E-state index contributed by atoms with van der Waals surface area (Å²) in [5.41, 5.74) is 1.88. The standard InChI is InChI=1S/C35H33NO10S3/c1-18-9-15-22-21(17-18)24-29(34(2,3)36(22)23(37)16-12-19-10-13-20(42-4)14-11-19)47-26(31(39)44-6)25(30(38)43-5)35(24)48-27(32(40)45-7)28(49-35)33(41)46-8/h9-17H,1-8H3/b16-12+. The largest absolute Gasteiger partial charge is 0.497 e. The van der Waals surface area contributed by atoms with Gasteiger partial charge in [0.25, 0.3) is 5.91 Å². The van der Waals surface area contributed by atoms with Gasteiger partial charge < -0.3 is 23.7 Å². The first-order chi connectivity index (χ1) is 23.3. The molecule has 3 aliphatic rings. The molecule has 2 aromatic carbocycles. The normalized spacial score (nSPS) is 17.5. The molecule has 0 atom stereocenters. The maximum atomic E-state index is 14.3. The van der Waals surface area contributed by atoms with Crippen molar-refractivity contribution in [2.24, 2.45) is 0 Å². The van der Waals surface area contributed by atoms with Crippen molar-refractivity contribution in [2.45, 2.75) is 30.4 Å². The molecule has 0 aromatic heterocycles. The molecule has 0 bridgehead atoms. The number of thioether (sulfide) groups is 3. The minimum Gasteiger partial charge on any atom is -0.497 e. The summed E-state index contributed by atoms with van der Waals surface area (Å²) in [4.78, 5) is 69.8. The van der Waals surface area contributed by atoms with Crippen LogP contribution in [0.3, 0.4) is 0 Å². The summed E-state index contributed by atoms with van der Waals surface area (Å²) in [6.45, 7) is 5.52. The van der Waals surface area contributed by atoms with Crippen LogP contribution >= 0.6 is 35.3 Å². The molecule has 0 radical (unpaired) electrons. The first-order valence-electron chi connectivity index (χ1n) is 14.7. The predicted octanol–water partition coefficient (Wildman–Crippen LogP) is 5.63. The lowest BCUT2D eigenvalue weighted by molar-refractivity contribution is -0.138. The van der Waals surface area contributed by atoms with Crippen LogP contribution in [0.5, 0.6) is 5.75 Å². The summed E-state index contributed by atoms with van der Waals surface area (Å²) in [7, 11) is 6.26. The van der Waals surface area contributed by atoms with Gasteiger partial charge in [-0.15, -0.1) is 0 Å². The number of benzene rings is 2. The quantitative estimate of drug-likeness (QED) is 0.199. The summed E-state index contributed by atoms with van der Waals surface area (Å²) in [6.07, 6.45) is 3.16. The smallest absolute Gasteiger partial charge is 0.345 e. The zero-order chi connectivity index (χ0) is 35.8. The third kappa shape index (κ3) is 6.06. The van der Waals surface area contributed by atoms with Gasteiger partial charge in [0.05, 0.1) is 52.3 Å². The molecule has 0 fully saturated rings. The molecule has 2 aromatic rings. The molecule has 5 rings (SSSR count). The van der Waals surface area contributed by atoms with Crippen molar-refractivity contribution in [3.63, 3.8) is 0 Å². The van der Waals surface area contributed by atoms with E-state index in [1.807, 2.05) is 51.1 Å². The molecule has 1 amide bonds. The monoisotopic (exact) mass is 723 g/mol. The van der Waals surface area contributed by atoms with Crippen molar-refractivity contribution in [3.8, 4) is 5.75 Å². The number of anilines is 1. The van der Waals surface area contributed by atoms with Gasteiger partial charge in [-0.25, -0.2) is 19.2 Å². The zero-order valence-electron chi connectivity index (χ0n) is 28.0. The van der Waals surface area contributed by atoms with Crippen molar-refractivity contribution in [1.82, 2.24) is 0 Å². The van der Waals surface area contributed by atoms with Crippen molar-refractivity contribution in [3.05, 3.63) is 90.4 Å². The van der Waals surface area contributed by atoms with E-state index in [2.05, 4.69) is 0 Å². The van der Waals surface area contributed by atoms with E-state index < -0.39 is 33.5 Å². The number of rotatable bonds is 7. The number of esters is 4. The summed E-state index contributed by atoms with van der Waals surface area (Å²) in [6, 6.07) is 12.8. The summed E-state index contributed by atoms with van der Waals surface area (Å²) in [5, 5.41) is 0. The van der Waals surface area contributed by atoms with Gasteiger partial charge in [0.2, 0.25) is 0 Å². The molecule has 3 heterocycles.